The molecular formula is C14H7F3I2O4. The second-order valence-electron chi connectivity index (χ2n) is 4.20. The lowest BCUT2D eigenvalue weighted by Gasteiger charge is -2.12. The summed E-state index contributed by atoms with van der Waals surface area (Å²) in [5.74, 6) is -0.671. The van der Waals surface area contributed by atoms with Crippen LogP contribution in [-0.4, -0.2) is 17.4 Å². The number of rotatable bonds is 4. The van der Waals surface area contributed by atoms with Gasteiger partial charge in [-0.3, -0.25) is 0 Å². The SMILES string of the molecule is O=C(O)c1cc(I)c(Oc2ccc(OC(F)(F)F)cc2)c(I)c1. The van der Waals surface area contributed by atoms with E-state index in [0.29, 0.717) is 18.6 Å². The highest BCUT2D eigenvalue weighted by Gasteiger charge is 2.31. The van der Waals surface area contributed by atoms with Crippen LogP contribution in [0.4, 0.5) is 13.2 Å². The Morgan fingerprint density at radius 3 is 1.91 bits per heavy atom. The average Bonchev–Trinajstić information content (AvgIpc) is 2.42. The van der Waals surface area contributed by atoms with Crippen LogP contribution in [0.25, 0.3) is 0 Å². The summed E-state index contributed by atoms with van der Waals surface area (Å²) in [6, 6.07) is 7.82. The Bertz CT molecular complexity index is 707. The highest BCUT2D eigenvalue weighted by Crippen LogP contribution is 2.34. The Hall–Kier alpha value is -1.24. The minimum atomic E-state index is -4.75. The zero-order valence-electron chi connectivity index (χ0n) is 11.0. The summed E-state index contributed by atoms with van der Waals surface area (Å²) in [5.41, 5.74) is 0.125. The van der Waals surface area contributed by atoms with Gasteiger partial charge < -0.3 is 14.6 Å². The molecule has 1 N–H and O–H groups in total. The van der Waals surface area contributed by atoms with Crippen molar-refractivity contribution in [3.05, 3.63) is 49.1 Å². The van der Waals surface area contributed by atoms with Gasteiger partial charge in [-0.15, -0.1) is 13.2 Å². The summed E-state index contributed by atoms with van der Waals surface area (Å²) in [6.07, 6.45) is -4.75. The molecule has 0 aliphatic heterocycles. The van der Waals surface area contributed by atoms with Crippen LogP contribution in [-0.2, 0) is 0 Å². The molecule has 0 aliphatic carbocycles. The van der Waals surface area contributed by atoms with Gasteiger partial charge in [0.2, 0.25) is 0 Å². The third-order valence-corrected chi connectivity index (χ3v) is 4.13. The second-order valence-corrected chi connectivity index (χ2v) is 6.52. The number of carboxylic acid groups (broad SMARTS) is 1. The van der Waals surface area contributed by atoms with Gasteiger partial charge >= 0.3 is 12.3 Å². The van der Waals surface area contributed by atoms with E-state index in [1.807, 2.05) is 45.2 Å². The minimum Gasteiger partial charge on any atom is -0.478 e. The molecule has 0 spiro atoms. The van der Waals surface area contributed by atoms with E-state index >= 15 is 0 Å². The Morgan fingerprint density at radius 2 is 1.48 bits per heavy atom. The third-order valence-electron chi connectivity index (χ3n) is 2.52. The molecule has 0 aliphatic rings. The van der Waals surface area contributed by atoms with Gasteiger partial charge in [0.1, 0.15) is 11.5 Å². The topological polar surface area (TPSA) is 55.8 Å². The van der Waals surface area contributed by atoms with Crippen molar-refractivity contribution in [3.63, 3.8) is 0 Å². The van der Waals surface area contributed by atoms with Crippen LogP contribution in [0.15, 0.2) is 36.4 Å². The van der Waals surface area contributed by atoms with Crippen molar-refractivity contribution in [1.29, 1.82) is 0 Å². The number of carboxylic acids is 1. The van der Waals surface area contributed by atoms with E-state index in [4.69, 9.17) is 9.84 Å². The summed E-state index contributed by atoms with van der Waals surface area (Å²) in [5, 5.41) is 8.98. The van der Waals surface area contributed by atoms with Crippen molar-refractivity contribution in [3.8, 4) is 17.2 Å². The zero-order chi connectivity index (χ0) is 17.2. The first-order valence-electron chi connectivity index (χ1n) is 5.92. The van der Waals surface area contributed by atoms with Crippen molar-refractivity contribution < 1.29 is 32.5 Å². The molecule has 2 aromatic carbocycles. The fraction of sp³-hybridized carbons (Fsp3) is 0.0714. The molecule has 2 aromatic rings. The van der Waals surface area contributed by atoms with Gasteiger partial charge in [0.05, 0.1) is 12.7 Å². The molecule has 122 valence electrons. The van der Waals surface area contributed by atoms with Crippen LogP contribution in [0.2, 0.25) is 0 Å². The second kappa shape index (κ2) is 7.11. The van der Waals surface area contributed by atoms with Gasteiger partial charge in [-0.25, -0.2) is 4.79 Å². The lowest BCUT2D eigenvalue weighted by Crippen LogP contribution is -2.16. The predicted octanol–water partition coefficient (Wildman–Crippen LogP) is 5.28. The number of ether oxygens (including phenoxy) is 2. The van der Waals surface area contributed by atoms with Crippen LogP contribution >= 0.6 is 45.2 Å². The quantitative estimate of drug-likeness (QED) is 0.527. The fourth-order valence-electron chi connectivity index (χ4n) is 1.61. The van der Waals surface area contributed by atoms with Gasteiger partial charge in [0.15, 0.2) is 5.75 Å². The molecule has 0 unspecified atom stereocenters. The molecule has 4 nitrogen and oxygen atoms in total. The van der Waals surface area contributed by atoms with Crippen molar-refractivity contribution in [2.24, 2.45) is 0 Å². The van der Waals surface area contributed by atoms with Crippen LogP contribution in [0.5, 0.6) is 17.2 Å². The normalized spacial score (nSPS) is 11.2. The lowest BCUT2D eigenvalue weighted by atomic mass is 10.2. The highest BCUT2D eigenvalue weighted by molar-refractivity contribution is 14.1. The smallest absolute Gasteiger partial charge is 0.478 e. The molecule has 0 fully saturated rings. The summed E-state index contributed by atoms with van der Waals surface area (Å²) in [7, 11) is 0. The maximum Gasteiger partial charge on any atom is 0.573 e. The van der Waals surface area contributed by atoms with Gasteiger partial charge in [0.25, 0.3) is 0 Å². The predicted molar refractivity (Wildman–Crippen MR) is 92.0 cm³/mol. The first-order chi connectivity index (χ1) is 10.7. The molecule has 2 rings (SSSR count). The summed E-state index contributed by atoms with van der Waals surface area (Å²) < 4.78 is 46.8. The van der Waals surface area contributed by atoms with Crippen molar-refractivity contribution >= 4 is 51.2 Å². The molecule has 23 heavy (non-hydrogen) atoms. The number of benzene rings is 2. The van der Waals surface area contributed by atoms with Gasteiger partial charge in [0, 0.05) is 0 Å². The van der Waals surface area contributed by atoms with Gasteiger partial charge in [-0.2, -0.15) is 0 Å². The van der Waals surface area contributed by atoms with Crippen molar-refractivity contribution in [2.75, 3.05) is 0 Å². The Balaban J connectivity index is 2.21. The fourth-order valence-corrected chi connectivity index (χ4v) is 3.60. The molecule has 0 saturated carbocycles. The average molecular weight is 550 g/mol. The number of hydrogen-bond donors (Lipinski definition) is 1. The maximum atomic E-state index is 12.1. The first kappa shape index (κ1) is 18.1. The van der Waals surface area contributed by atoms with Crippen LogP contribution in [0, 0.1) is 7.14 Å². The zero-order valence-corrected chi connectivity index (χ0v) is 15.3. The molecule has 9 heteroatoms. The first-order valence-corrected chi connectivity index (χ1v) is 8.07. The van der Waals surface area contributed by atoms with E-state index in [1.54, 1.807) is 0 Å². The number of carbonyl (C=O) groups is 1. The van der Waals surface area contributed by atoms with E-state index in [9.17, 15) is 18.0 Å². The standard InChI is InChI=1S/C14H7F3I2O4/c15-14(16,17)23-9-3-1-8(2-4-9)22-12-10(18)5-7(13(20)21)6-11(12)19/h1-6H,(H,20,21). The van der Waals surface area contributed by atoms with Crippen LogP contribution in [0.3, 0.4) is 0 Å². The summed E-state index contributed by atoms with van der Waals surface area (Å²) in [6.45, 7) is 0. The largest absolute Gasteiger partial charge is 0.573 e. The summed E-state index contributed by atoms with van der Waals surface area (Å²) in [4.78, 5) is 11.0. The number of halogens is 5. The minimum absolute atomic E-state index is 0.125. The van der Waals surface area contributed by atoms with E-state index < -0.39 is 12.3 Å². The van der Waals surface area contributed by atoms with Gasteiger partial charge in [-0.05, 0) is 81.6 Å². The number of hydrogen-bond acceptors (Lipinski definition) is 3. The molecule has 0 amide bonds. The molecule has 0 aromatic heterocycles. The number of alkyl halides is 3. The molecule has 0 atom stereocenters. The van der Waals surface area contributed by atoms with Crippen molar-refractivity contribution in [2.45, 2.75) is 6.36 Å². The summed E-state index contributed by atoms with van der Waals surface area (Å²) >= 11 is 3.86. The Kier molecular flexibility index (Phi) is 5.60. The lowest BCUT2D eigenvalue weighted by molar-refractivity contribution is -0.274. The van der Waals surface area contributed by atoms with E-state index in [2.05, 4.69) is 4.74 Å². The highest BCUT2D eigenvalue weighted by atomic mass is 127. The molecule has 0 heterocycles. The van der Waals surface area contributed by atoms with E-state index in [1.165, 1.54) is 24.3 Å². The van der Waals surface area contributed by atoms with Crippen LogP contribution in [0.1, 0.15) is 10.4 Å². The maximum absolute atomic E-state index is 12.1. The molecule has 0 radical (unpaired) electrons. The monoisotopic (exact) mass is 550 g/mol. The van der Waals surface area contributed by atoms with Crippen LogP contribution < -0.4 is 9.47 Å². The van der Waals surface area contributed by atoms with E-state index in [0.717, 1.165) is 12.1 Å². The Morgan fingerprint density at radius 1 is 1.00 bits per heavy atom. The van der Waals surface area contributed by atoms with E-state index in [-0.39, 0.29) is 11.3 Å². The van der Waals surface area contributed by atoms with Gasteiger partial charge in [-0.1, -0.05) is 0 Å². The molecule has 0 bridgehead atoms. The van der Waals surface area contributed by atoms with Crippen molar-refractivity contribution in [1.82, 2.24) is 0 Å². The Labute approximate surface area is 155 Å². The number of aromatic carboxylic acids is 1. The molecular weight excluding hydrogens is 543 g/mol. The third kappa shape index (κ3) is 5.12. The molecule has 0 saturated heterocycles.